The molecule has 2 aliphatic rings. The molecule has 4 rings (SSSR count). The fourth-order valence-electron chi connectivity index (χ4n) is 3.79. The SMILES string of the molecule is COC(=O)C1C(=O)C(=C2Cc3ccccc3N2)C(=N)N1c1cc(OC)cc(OC)c1. The number of carbonyl (C=O) groups is 2. The van der Waals surface area contributed by atoms with Gasteiger partial charge in [-0.05, 0) is 11.6 Å². The molecule has 0 aromatic heterocycles. The number of methoxy groups -OCH3 is 3. The Morgan fingerprint density at radius 3 is 2.37 bits per heavy atom. The van der Waals surface area contributed by atoms with Gasteiger partial charge in [0.1, 0.15) is 17.3 Å². The molecule has 0 saturated carbocycles. The van der Waals surface area contributed by atoms with Crippen LogP contribution >= 0.6 is 0 Å². The topological polar surface area (TPSA) is 101 Å². The van der Waals surface area contributed by atoms with Crippen molar-refractivity contribution >= 4 is 29.0 Å². The zero-order chi connectivity index (χ0) is 21.4. The molecule has 1 saturated heterocycles. The molecule has 2 N–H and O–H groups in total. The molecule has 0 bridgehead atoms. The van der Waals surface area contributed by atoms with Crippen molar-refractivity contribution in [1.29, 1.82) is 5.41 Å². The normalized spacial score (nSPS) is 20.1. The molecule has 0 spiro atoms. The number of fused-ring (bicyclic) bond motifs is 1. The van der Waals surface area contributed by atoms with Crippen LogP contribution in [0.25, 0.3) is 0 Å². The van der Waals surface area contributed by atoms with Crippen molar-refractivity contribution in [1.82, 2.24) is 0 Å². The van der Waals surface area contributed by atoms with E-state index in [1.54, 1.807) is 18.2 Å². The Morgan fingerprint density at radius 2 is 1.77 bits per heavy atom. The average molecular weight is 407 g/mol. The molecule has 8 heteroatoms. The van der Waals surface area contributed by atoms with E-state index < -0.39 is 17.8 Å². The predicted octanol–water partition coefficient (Wildman–Crippen LogP) is 2.53. The number of amidine groups is 1. The van der Waals surface area contributed by atoms with Crippen molar-refractivity contribution < 1.29 is 23.8 Å². The molecule has 154 valence electrons. The van der Waals surface area contributed by atoms with Crippen LogP contribution in [0.5, 0.6) is 11.5 Å². The van der Waals surface area contributed by atoms with E-state index in [1.165, 1.54) is 26.2 Å². The molecule has 0 aliphatic carbocycles. The van der Waals surface area contributed by atoms with Gasteiger partial charge in [0.05, 0.1) is 32.6 Å². The van der Waals surface area contributed by atoms with Gasteiger partial charge in [-0.3, -0.25) is 10.2 Å². The van der Waals surface area contributed by atoms with Gasteiger partial charge < -0.3 is 24.4 Å². The van der Waals surface area contributed by atoms with E-state index in [2.05, 4.69) is 5.32 Å². The summed E-state index contributed by atoms with van der Waals surface area (Å²) in [6, 6.07) is 11.3. The summed E-state index contributed by atoms with van der Waals surface area (Å²) in [5.74, 6) is -0.357. The lowest BCUT2D eigenvalue weighted by atomic mass is 10.0. The van der Waals surface area contributed by atoms with Gasteiger partial charge in [0, 0.05) is 36.0 Å². The second kappa shape index (κ2) is 7.55. The standard InChI is InChI=1S/C22H21N3O5/c1-28-14-9-13(10-15(11-14)29-2)25-19(22(27)30-3)20(26)18(21(25)23)17-8-12-6-4-5-7-16(12)24-17/h4-7,9-11,19,23-24H,8H2,1-3H3. The van der Waals surface area contributed by atoms with Crippen LogP contribution < -0.4 is 19.7 Å². The molecule has 2 aromatic rings. The van der Waals surface area contributed by atoms with Crippen molar-refractivity contribution in [2.45, 2.75) is 12.5 Å². The number of para-hydroxylation sites is 1. The summed E-state index contributed by atoms with van der Waals surface area (Å²) in [5.41, 5.74) is 3.10. The van der Waals surface area contributed by atoms with Crippen LogP contribution in [0.15, 0.2) is 53.7 Å². The highest BCUT2D eigenvalue weighted by atomic mass is 16.5. The first-order valence-corrected chi connectivity index (χ1v) is 9.29. The molecular formula is C22H21N3O5. The number of carbonyl (C=O) groups excluding carboxylic acids is 2. The molecular weight excluding hydrogens is 386 g/mol. The van der Waals surface area contributed by atoms with E-state index in [0.717, 1.165) is 11.3 Å². The monoisotopic (exact) mass is 407 g/mol. The maximum absolute atomic E-state index is 13.3. The maximum atomic E-state index is 13.3. The minimum atomic E-state index is -1.30. The van der Waals surface area contributed by atoms with Crippen LogP contribution in [-0.2, 0) is 20.7 Å². The number of benzene rings is 2. The van der Waals surface area contributed by atoms with Gasteiger partial charge in [0.15, 0.2) is 6.04 Å². The largest absolute Gasteiger partial charge is 0.497 e. The highest BCUT2D eigenvalue weighted by molar-refractivity contribution is 6.39. The van der Waals surface area contributed by atoms with Crippen LogP contribution in [0, 0.1) is 5.41 Å². The average Bonchev–Trinajstić information content (AvgIpc) is 3.30. The van der Waals surface area contributed by atoms with Crippen molar-refractivity contribution in [2.75, 3.05) is 31.5 Å². The van der Waals surface area contributed by atoms with Crippen molar-refractivity contribution in [2.24, 2.45) is 0 Å². The quantitative estimate of drug-likeness (QED) is 0.456. The number of nitrogens with zero attached hydrogens (tertiary/aromatic N) is 1. The van der Waals surface area contributed by atoms with E-state index in [4.69, 9.17) is 19.6 Å². The second-order valence-electron chi connectivity index (χ2n) is 6.89. The summed E-state index contributed by atoms with van der Waals surface area (Å²) in [4.78, 5) is 27.2. The smallest absolute Gasteiger partial charge is 0.337 e. The number of ether oxygens (including phenoxy) is 3. The molecule has 2 heterocycles. The lowest BCUT2D eigenvalue weighted by Gasteiger charge is -2.24. The van der Waals surface area contributed by atoms with Gasteiger partial charge >= 0.3 is 5.97 Å². The second-order valence-corrected chi connectivity index (χ2v) is 6.89. The summed E-state index contributed by atoms with van der Waals surface area (Å²) in [6.45, 7) is 0. The number of allylic oxidation sites excluding steroid dienone is 1. The number of esters is 1. The molecule has 1 atom stereocenters. The van der Waals surface area contributed by atoms with E-state index in [9.17, 15) is 9.59 Å². The number of rotatable bonds is 4. The number of hydrogen-bond acceptors (Lipinski definition) is 7. The highest BCUT2D eigenvalue weighted by Crippen LogP contribution is 2.38. The van der Waals surface area contributed by atoms with Gasteiger partial charge in [-0.25, -0.2) is 4.79 Å². The number of nitrogens with one attached hydrogen (secondary N) is 2. The number of ketones is 1. The molecule has 0 radical (unpaired) electrons. The Labute approximate surface area is 173 Å². The molecule has 1 unspecified atom stereocenters. The van der Waals surface area contributed by atoms with Gasteiger partial charge in [0.25, 0.3) is 0 Å². The fraction of sp³-hybridized carbons (Fsp3) is 0.227. The minimum Gasteiger partial charge on any atom is -0.497 e. The van der Waals surface area contributed by atoms with E-state index >= 15 is 0 Å². The fourth-order valence-corrected chi connectivity index (χ4v) is 3.79. The minimum absolute atomic E-state index is 0.0824. The van der Waals surface area contributed by atoms with Crippen LogP contribution in [0.1, 0.15) is 5.56 Å². The molecule has 30 heavy (non-hydrogen) atoms. The molecule has 8 nitrogen and oxygen atoms in total. The van der Waals surface area contributed by atoms with Crippen LogP contribution in [0.4, 0.5) is 11.4 Å². The Kier molecular flexibility index (Phi) is 4.91. The lowest BCUT2D eigenvalue weighted by molar-refractivity contribution is -0.144. The highest BCUT2D eigenvalue weighted by Gasteiger charge is 2.48. The van der Waals surface area contributed by atoms with E-state index in [-0.39, 0.29) is 11.4 Å². The summed E-state index contributed by atoms with van der Waals surface area (Å²) in [5, 5.41) is 12.0. The van der Waals surface area contributed by atoms with Crippen molar-refractivity contribution in [3.05, 3.63) is 59.3 Å². The van der Waals surface area contributed by atoms with Gasteiger partial charge in [-0.2, -0.15) is 0 Å². The van der Waals surface area contributed by atoms with E-state index in [0.29, 0.717) is 29.3 Å². The Bertz CT molecular complexity index is 1040. The first kappa shape index (κ1) is 19.5. The maximum Gasteiger partial charge on any atom is 0.337 e. The number of anilines is 2. The molecule has 2 aliphatic heterocycles. The summed E-state index contributed by atoms with van der Waals surface area (Å²) >= 11 is 0. The van der Waals surface area contributed by atoms with Gasteiger partial charge in [0.2, 0.25) is 5.78 Å². The first-order valence-electron chi connectivity index (χ1n) is 9.29. The van der Waals surface area contributed by atoms with Gasteiger partial charge in [-0.1, -0.05) is 18.2 Å². The predicted molar refractivity (Wildman–Crippen MR) is 111 cm³/mol. The van der Waals surface area contributed by atoms with Crippen LogP contribution in [-0.4, -0.2) is 45.0 Å². The Morgan fingerprint density at radius 1 is 1.10 bits per heavy atom. The van der Waals surface area contributed by atoms with Crippen molar-refractivity contribution in [3.63, 3.8) is 0 Å². The third kappa shape index (κ3) is 3.06. The summed E-state index contributed by atoms with van der Waals surface area (Å²) in [6.07, 6.45) is 0.475. The lowest BCUT2D eigenvalue weighted by Crippen LogP contribution is -2.42. The van der Waals surface area contributed by atoms with Crippen LogP contribution in [0.2, 0.25) is 0 Å². The molecule has 2 aromatic carbocycles. The zero-order valence-corrected chi connectivity index (χ0v) is 16.8. The molecule has 1 fully saturated rings. The third-order valence-corrected chi connectivity index (χ3v) is 5.24. The first-order chi connectivity index (χ1) is 14.5. The molecule has 0 amide bonds. The van der Waals surface area contributed by atoms with Crippen molar-refractivity contribution in [3.8, 4) is 11.5 Å². The number of Topliss-reactive ketones (excluding diaryl/α,β-unsaturated/α-hetero) is 1. The zero-order valence-electron chi connectivity index (χ0n) is 16.8. The summed E-state index contributed by atoms with van der Waals surface area (Å²) < 4.78 is 15.5. The Hall–Kier alpha value is -3.81. The number of hydrogen-bond donors (Lipinski definition) is 2. The third-order valence-electron chi connectivity index (χ3n) is 5.24. The summed E-state index contributed by atoms with van der Waals surface area (Å²) in [7, 11) is 4.23. The van der Waals surface area contributed by atoms with E-state index in [1.807, 2.05) is 24.3 Å². The Balaban J connectivity index is 1.83. The van der Waals surface area contributed by atoms with Gasteiger partial charge in [-0.15, -0.1) is 0 Å². The van der Waals surface area contributed by atoms with Crippen LogP contribution in [0.3, 0.4) is 0 Å².